The predicted octanol–water partition coefficient (Wildman–Crippen LogP) is 8.57. The number of allylic oxidation sites excluding steroid dienone is 1. The van der Waals surface area contributed by atoms with Gasteiger partial charge in [0.1, 0.15) is 17.9 Å². The SMILES string of the molecule is C=CCC(=N)c1ccc(C)cc1.CC.CCc1cccc(C)c1F.COC(=O)CCC[C@H](CC=O)CCC(C)=O. The number of ketones is 1. The van der Waals surface area contributed by atoms with Crippen molar-refractivity contribution in [3.8, 4) is 0 Å². The Hall–Kier alpha value is -3.41. The molecule has 0 saturated carbocycles. The maximum absolute atomic E-state index is 13.0. The summed E-state index contributed by atoms with van der Waals surface area (Å²) in [5.41, 5.74) is 4.38. The van der Waals surface area contributed by atoms with Gasteiger partial charge >= 0.3 is 5.97 Å². The van der Waals surface area contributed by atoms with E-state index in [9.17, 15) is 18.8 Å². The molecule has 5 nitrogen and oxygen atoms in total. The van der Waals surface area contributed by atoms with E-state index in [1.165, 1.54) is 12.7 Å². The molecule has 0 aliphatic carbocycles. The molecule has 0 saturated heterocycles. The molecular weight excluding hydrogens is 505 g/mol. The molecule has 6 heteroatoms. The zero-order valence-corrected chi connectivity index (χ0v) is 25.6. The van der Waals surface area contributed by atoms with Gasteiger partial charge in [0.15, 0.2) is 0 Å². The summed E-state index contributed by atoms with van der Waals surface area (Å²) in [6, 6.07) is 13.5. The summed E-state index contributed by atoms with van der Waals surface area (Å²) in [6.45, 7) is 14.9. The van der Waals surface area contributed by atoms with Crippen molar-refractivity contribution in [1.82, 2.24) is 0 Å². The molecule has 2 aromatic rings. The number of nitrogens with one attached hydrogen (secondary N) is 1. The number of halogens is 1. The molecule has 0 spiro atoms. The second-order valence-electron chi connectivity index (χ2n) is 9.22. The molecule has 0 heterocycles. The molecule has 40 heavy (non-hydrogen) atoms. The van der Waals surface area contributed by atoms with Crippen molar-refractivity contribution >= 4 is 23.8 Å². The third kappa shape index (κ3) is 18.8. The van der Waals surface area contributed by atoms with Crippen LogP contribution < -0.4 is 0 Å². The number of methoxy groups -OCH3 is 1. The summed E-state index contributed by atoms with van der Waals surface area (Å²) in [4.78, 5) is 32.1. The Balaban J connectivity index is 0. The summed E-state index contributed by atoms with van der Waals surface area (Å²) in [6.07, 6.45) is 7.64. The summed E-state index contributed by atoms with van der Waals surface area (Å²) in [5.74, 6) is 0.0799. The van der Waals surface area contributed by atoms with E-state index < -0.39 is 0 Å². The van der Waals surface area contributed by atoms with Gasteiger partial charge in [0.2, 0.25) is 0 Å². The Morgan fingerprint density at radius 1 is 1.05 bits per heavy atom. The van der Waals surface area contributed by atoms with Crippen LogP contribution in [-0.4, -0.2) is 30.9 Å². The summed E-state index contributed by atoms with van der Waals surface area (Å²) < 4.78 is 17.5. The van der Waals surface area contributed by atoms with E-state index in [1.54, 1.807) is 26.0 Å². The van der Waals surface area contributed by atoms with Crippen molar-refractivity contribution in [2.45, 2.75) is 92.9 Å². The minimum Gasteiger partial charge on any atom is -0.469 e. The highest BCUT2D eigenvalue weighted by Crippen LogP contribution is 2.18. The molecule has 1 N–H and O–H groups in total. The zero-order valence-electron chi connectivity index (χ0n) is 25.6. The standard InChI is InChI=1S/C12H20O4.C11H13N.C9H11F.C2H6/c1-10(14)6-7-11(8-9-13)4-3-5-12(15)16-2;1-3-4-11(12)10-7-5-9(2)6-8-10;1-3-8-6-4-5-7(2)9(8)10;1-2/h9,11H,3-8H2,1-2H3;3,5-8,12H,1,4H2,2H3;4-6H,3H2,1-2H3;1-2H3/t11-;;;/m0.../s1. The van der Waals surface area contributed by atoms with Crippen LogP contribution in [0.2, 0.25) is 0 Å². The van der Waals surface area contributed by atoms with E-state index in [-0.39, 0.29) is 23.5 Å². The maximum Gasteiger partial charge on any atom is 0.305 e. The molecule has 1 atom stereocenters. The average Bonchev–Trinajstić information content (AvgIpc) is 2.95. The molecular formula is C34H50FNO4. The second kappa shape index (κ2) is 24.6. The lowest BCUT2D eigenvalue weighted by Crippen LogP contribution is -2.06. The lowest BCUT2D eigenvalue weighted by molar-refractivity contribution is -0.140. The molecule has 0 aromatic heterocycles. The third-order valence-electron chi connectivity index (χ3n) is 5.96. The fraction of sp³-hybridized carbons (Fsp3) is 0.471. The van der Waals surface area contributed by atoms with E-state index in [1.807, 2.05) is 64.1 Å². The number of aldehydes is 1. The molecule has 0 amide bonds. The van der Waals surface area contributed by atoms with Gasteiger partial charge in [-0.3, -0.25) is 4.79 Å². The van der Waals surface area contributed by atoms with Gasteiger partial charge in [0.05, 0.1) is 7.11 Å². The van der Waals surface area contributed by atoms with Crippen LogP contribution in [0.1, 0.15) is 94.9 Å². The highest BCUT2D eigenvalue weighted by Gasteiger charge is 2.10. The van der Waals surface area contributed by atoms with Gasteiger partial charge in [-0.2, -0.15) is 0 Å². The summed E-state index contributed by atoms with van der Waals surface area (Å²) >= 11 is 0. The first kappa shape index (κ1) is 38.7. The van der Waals surface area contributed by atoms with Crippen molar-refractivity contribution in [2.75, 3.05) is 7.11 Å². The first-order valence-corrected chi connectivity index (χ1v) is 14.1. The van der Waals surface area contributed by atoms with E-state index in [0.717, 1.165) is 42.2 Å². The number of carbonyl (C=O) groups excluding carboxylic acids is 3. The van der Waals surface area contributed by atoms with Crippen LogP contribution in [0.25, 0.3) is 0 Å². The Morgan fingerprint density at radius 3 is 2.15 bits per heavy atom. The molecule has 2 aromatic carbocycles. The smallest absolute Gasteiger partial charge is 0.305 e. The van der Waals surface area contributed by atoms with Crippen molar-refractivity contribution in [2.24, 2.45) is 5.92 Å². The fourth-order valence-electron chi connectivity index (χ4n) is 3.56. The van der Waals surface area contributed by atoms with Gasteiger partial charge in [-0.1, -0.05) is 74.9 Å². The lowest BCUT2D eigenvalue weighted by atomic mass is 9.93. The number of carbonyl (C=O) groups is 3. The predicted molar refractivity (Wildman–Crippen MR) is 165 cm³/mol. The van der Waals surface area contributed by atoms with Crippen LogP contribution in [-0.2, 0) is 25.5 Å². The van der Waals surface area contributed by atoms with E-state index in [0.29, 0.717) is 37.8 Å². The van der Waals surface area contributed by atoms with Gasteiger partial charge in [-0.25, -0.2) is 4.39 Å². The van der Waals surface area contributed by atoms with Gasteiger partial charge < -0.3 is 19.7 Å². The highest BCUT2D eigenvalue weighted by molar-refractivity contribution is 5.99. The van der Waals surface area contributed by atoms with Crippen molar-refractivity contribution in [1.29, 1.82) is 5.41 Å². The number of ether oxygens (including phenoxy) is 1. The Labute approximate surface area is 241 Å². The van der Waals surface area contributed by atoms with Gasteiger partial charge in [0.25, 0.3) is 0 Å². The van der Waals surface area contributed by atoms with Crippen LogP contribution in [0.4, 0.5) is 4.39 Å². The lowest BCUT2D eigenvalue weighted by Gasteiger charge is -2.12. The summed E-state index contributed by atoms with van der Waals surface area (Å²) in [5, 5.41) is 7.63. The van der Waals surface area contributed by atoms with Crippen LogP contribution in [0.3, 0.4) is 0 Å². The monoisotopic (exact) mass is 555 g/mol. The first-order chi connectivity index (χ1) is 19.1. The third-order valence-corrected chi connectivity index (χ3v) is 5.96. The van der Waals surface area contributed by atoms with Crippen LogP contribution in [0, 0.1) is 31.0 Å². The molecule has 0 aliphatic heterocycles. The largest absolute Gasteiger partial charge is 0.469 e. The molecule has 0 bridgehead atoms. The number of rotatable bonds is 13. The normalized spacial score (nSPS) is 10.2. The molecule has 222 valence electrons. The summed E-state index contributed by atoms with van der Waals surface area (Å²) in [7, 11) is 1.36. The van der Waals surface area contributed by atoms with Gasteiger partial charge in [-0.15, -0.1) is 6.58 Å². The molecule has 0 fully saturated rings. The second-order valence-corrected chi connectivity index (χ2v) is 9.22. The average molecular weight is 556 g/mol. The minimum atomic E-state index is -0.226. The van der Waals surface area contributed by atoms with Crippen LogP contribution in [0.15, 0.2) is 55.1 Å². The number of esters is 1. The Morgan fingerprint density at radius 2 is 1.68 bits per heavy atom. The molecule has 0 aliphatic rings. The Bertz CT molecular complexity index is 1020. The molecule has 0 unspecified atom stereocenters. The van der Waals surface area contributed by atoms with Crippen molar-refractivity contribution < 1.29 is 23.5 Å². The van der Waals surface area contributed by atoms with Crippen LogP contribution >= 0.6 is 0 Å². The number of benzene rings is 2. The van der Waals surface area contributed by atoms with E-state index in [4.69, 9.17) is 5.41 Å². The maximum atomic E-state index is 13.0. The van der Waals surface area contributed by atoms with E-state index >= 15 is 0 Å². The number of hydrogen-bond donors (Lipinski definition) is 1. The molecule has 0 radical (unpaired) electrons. The first-order valence-electron chi connectivity index (χ1n) is 14.1. The molecule has 2 rings (SSSR count). The highest BCUT2D eigenvalue weighted by atomic mass is 19.1. The van der Waals surface area contributed by atoms with Crippen molar-refractivity contribution in [3.05, 3.63) is 83.2 Å². The number of aryl methyl sites for hydroxylation is 3. The van der Waals surface area contributed by atoms with Gasteiger partial charge in [-0.05, 0) is 69.1 Å². The topological polar surface area (TPSA) is 84.3 Å². The quantitative estimate of drug-likeness (QED) is 0.116. The van der Waals surface area contributed by atoms with Gasteiger partial charge in [0, 0.05) is 31.4 Å². The number of hydrogen-bond acceptors (Lipinski definition) is 5. The zero-order chi connectivity index (χ0) is 30.9. The Kier molecular flexibility index (Phi) is 23.8. The number of Topliss-reactive ketones (excluding diaryl/α,β-unsaturated/α-hetero) is 1. The van der Waals surface area contributed by atoms with Crippen molar-refractivity contribution in [3.63, 3.8) is 0 Å². The van der Waals surface area contributed by atoms with E-state index in [2.05, 4.69) is 11.3 Å². The van der Waals surface area contributed by atoms with Crippen LogP contribution in [0.5, 0.6) is 0 Å². The minimum absolute atomic E-state index is 0.0509. The fourth-order valence-corrected chi connectivity index (χ4v) is 3.56.